The van der Waals surface area contributed by atoms with Crippen LogP contribution in [0.15, 0.2) is 76.7 Å². The third kappa shape index (κ3) is 6.59. The van der Waals surface area contributed by atoms with Gasteiger partial charge in [-0.25, -0.2) is 18.2 Å². The highest BCUT2D eigenvalue weighted by molar-refractivity contribution is 7.89. The normalized spacial score (nSPS) is 11.8. The molecule has 3 aromatic carbocycles. The van der Waals surface area contributed by atoms with Gasteiger partial charge < -0.3 is 0 Å². The lowest BCUT2D eigenvalue weighted by atomic mass is 10.1. The lowest BCUT2D eigenvalue weighted by Crippen LogP contribution is -2.41. The topological polar surface area (TPSA) is 78.8 Å². The Morgan fingerprint density at radius 1 is 1.00 bits per heavy atom. The first-order valence-electron chi connectivity index (χ1n) is 10.9. The number of sulfonamides is 1. The number of hydrogen-bond acceptors (Lipinski definition) is 4. The van der Waals surface area contributed by atoms with Crippen LogP contribution in [0, 0.1) is 26.6 Å². The number of halogens is 1. The number of benzene rings is 3. The standard InChI is InChI=1S/C26H28FN3O3S/c1-19-15-20(2)26(21(3)16-19)34(32,33)30(14-13-22-7-5-4-6-8-22)18-25(31)29-28-17-23-9-11-24(27)12-10-23/h4-12,15-17H,13-14,18H2,1-3H3,(H,29,31). The summed E-state index contributed by atoms with van der Waals surface area (Å²) in [5.74, 6) is -0.945. The SMILES string of the molecule is Cc1cc(C)c(S(=O)(=O)N(CCc2ccccc2)CC(=O)NN=Cc2ccc(F)cc2)c(C)c1. The summed E-state index contributed by atoms with van der Waals surface area (Å²) in [5.41, 5.74) is 6.17. The van der Waals surface area contributed by atoms with Crippen LogP contribution in [0.2, 0.25) is 0 Å². The fraction of sp³-hybridized carbons (Fsp3) is 0.231. The number of aryl methyl sites for hydroxylation is 3. The summed E-state index contributed by atoms with van der Waals surface area (Å²) in [6.45, 7) is 5.18. The van der Waals surface area contributed by atoms with Crippen molar-refractivity contribution in [2.45, 2.75) is 32.1 Å². The number of hydrazone groups is 1. The van der Waals surface area contributed by atoms with Crippen molar-refractivity contribution in [3.63, 3.8) is 0 Å². The van der Waals surface area contributed by atoms with Gasteiger partial charge in [-0.1, -0.05) is 60.2 Å². The van der Waals surface area contributed by atoms with Gasteiger partial charge in [0.05, 0.1) is 17.7 Å². The van der Waals surface area contributed by atoms with Crippen molar-refractivity contribution in [1.82, 2.24) is 9.73 Å². The predicted octanol–water partition coefficient (Wildman–Crippen LogP) is 4.13. The Balaban J connectivity index is 1.81. The molecular formula is C26H28FN3O3S. The molecule has 0 saturated heterocycles. The summed E-state index contributed by atoms with van der Waals surface area (Å²) >= 11 is 0. The predicted molar refractivity (Wildman–Crippen MR) is 132 cm³/mol. The Morgan fingerprint density at radius 2 is 1.62 bits per heavy atom. The van der Waals surface area contributed by atoms with E-state index in [1.807, 2.05) is 49.4 Å². The minimum atomic E-state index is -3.95. The first-order valence-corrected chi connectivity index (χ1v) is 12.3. The van der Waals surface area contributed by atoms with E-state index in [9.17, 15) is 17.6 Å². The second-order valence-electron chi connectivity index (χ2n) is 8.15. The molecule has 0 aliphatic rings. The van der Waals surface area contributed by atoms with Crippen LogP contribution in [0.5, 0.6) is 0 Å². The largest absolute Gasteiger partial charge is 0.272 e. The number of carbonyl (C=O) groups is 1. The fourth-order valence-electron chi connectivity index (χ4n) is 3.81. The first kappa shape index (κ1) is 25.3. The Labute approximate surface area is 200 Å². The molecule has 0 unspecified atom stereocenters. The van der Waals surface area contributed by atoms with Crippen LogP contribution >= 0.6 is 0 Å². The van der Waals surface area contributed by atoms with Crippen molar-refractivity contribution in [2.24, 2.45) is 5.10 Å². The molecule has 8 heteroatoms. The zero-order valence-electron chi connectivity index (χ0n) is 19.5. The zero-order chi connectivity index (χ0) is 24.7. The van der Waals surface area contributed by atoms with Crippen molar-refractivity contribution in [1.29, 1.82) is 0 Å². The van der Waals surface area contributed by atoms with Gasteiger partial charge in [0, 0.05) is 6.54 Å². The third-order valence-electron chi connectivity index (χ3n) is 5.29. The van der Waals surface area contributed by atoms with E-state index in [4.69, 9.17) is 0 Å². The molecule has 34 heavy (non-hydrogen) atoms. The summed E-state index contributed by atoms with van der Waals surface area (Å²) < 4.78 is 41.5. The van der Waals surface area contributed by atoms with Crippen molar-refractivity contribution < 1.29 is 17.6 Å². The lowest BCUT2D eigenvalue weighted by Gasteiger charge is -2.24. The van der Waals surface area contributed by atoms with Gasteiger partial charge in [0.25, 0.3) is 5.91 Å². The Hall–Kier alpha value is -3.36. The van der Waals surface area contributed by atoms with E-state index in [0.29, 0.717) is 23.1 Å². The lowest BCUT2D eigenvalue weighted by molar-refractivity contribution is -0.121. The van der Waals surface area contributed by atoms with Crippen molar-refractivity contribution in [3.05, 3.63) is 100 Å². The Kier molecular flexibility index (Phi) is 8.31. The monoisotopic (exact) mass is 481 g/mol. The highest BCUT2D eigenvalue weighted by atomic mass is 32.2. The molecule has 178 valence electrons. The van der Waals surface area contributed by atoms with Crippen LogP contribution in [0.25, 0.3) is 0 Å². The van der Waals surface area contributed by atoms with E-state index in [-0.39, 0.29) is 23.8 Å². The smallest absolute Gasteiger partial charge is 0.255 e. The van der Waals surface area contributed by atoms with Crippen molar-refractivity contribution in [2.75, 3.05) is 13.1 Å². The average Bonchev–Trinajstić information content (AvgIpc) is 2.77. The average molecular weight is 482 g/mol. The second-order valence-corrected chi connectivity index (χ2v) is 10.0. The van der Waals surface area contributed by atoms with Gasteiger partial charge in [-0.15, -0.1) is 0 Å². The number of nitrogens with zero attached hydrogens (tertiary/aromatic N) is 2. The molecule has 0 radical (unpaired) electrons. The highest BCUT2D eigenvalue weighted by Gasteiger charge is 2.29. The summed E-state index contributed by atoms with van der Waals surface area (Å²) in [5, 5.41) is 3.88. The van der Waals surface area contributed by atoms with Gasteiger partial charge in [-0.2, -0.15) is 9.41 Å². The maximum atomic E-state index is 13.6. The molecule has 3 rings (SSSR count). The van der Waals surface area contributed by atoms with Crippen LogP contribution in [-0.4, -0.2) is 37.9 Å². The Bertz CT molecular complexity index is 1250. The number of nitrogens with one attached hydrogen (secondary N) is 1. The summed E-state index contributed by atoms with van der Waals surface area (Å²) in [7, 11) is -3.95. The fourth-order valence-corrected chi connectivity index (χ4v) is 5.62. The molecule has 0 heterocycles. The Morgan fingerprint density at radius 3 is 2.24 bits per heavy atom. The maximum absolute atomic E-state index is 13.6. The van der Waals surface area contributed by atoms with Gasteiger partial charge in [0.15, 0.2) is 0 Å². The molecule has 0 aliphatic heterocycles. The number of carbonyl (C=O) groups excluding carboxylic acids is 1. The number of rotatable bonds is 9. The maximum Gasteiger partial charge on any atom is 0.255 e. The molecule has 0 atom stereocenters. The molecule has 0 fully saturated rings. The van der Waals surface area contributed by atoms with E-state index >= 15 is 0 Å². The van der Waals surface area contributed by atoms with E-state index in [1.54, 1.807) is 13.8 Å². The molecule has 6 nitrogen and oxygen atoms in total. The van der Waals surface area contributed by atoms with E-state index in [1.165, 1.54) is 34.8 Å². The molecule has 1 amide bonds. The first-order chi connectivity index (χ1) is 16.2. The quantitative estimate of drug-likeness (QED) is 0.369. The minimum absolute atomic E-state index is 0.133. The number of hydrogen-bond donors (Lipinski definition) is 1. The third-order valence-corrected chi connectivity index (χ3v) is 7.44. The van der Waals surface area contributed by atoms with E-state index in [0.717, 1.165) is 11.1 Å². The summed E-state index contributed by atoms with van der Waals surface area (Å²) in [6.07, 6.45) is 1.82. The van der Waals surface area contributed by atoms with E-state index in [2.05, 4.69) is 10.5 Å². The second kappa shape index (κ2) is 11.2. The van der Waals surface area contributed by atoms with Crippen LogP contribution in [-0.2, 0) is 21.2 Å². The molecule has 0 aromatic heterocycles. The van der Waals surface area contributed by atoms with Crippen LogP contribution < -0.4 is 5.43 Å². The van der Waals surface area contributed by atoms with Gasteiger partial charge in [0.2, 0.25) is 10.0 Å². The molecule has 3 aromatic rings. The highest BCUT2D eigenvalue weighted by Crippen LogP contribution is 2.25. The number of amides is 1. The van der Waals surface area contributed by atoms with Crippen LogP contribution in [0.4, 0.5) is 4.39 Å². The molecule has 0 spiro atoms. The molecule has 0 bridgehead atoms. The van der Waals surface area contributed by atoms with Gasteiger partial charge in [0.1, 0.15) is 5.82 Å². The summed E-state index contributed by atoms with van der Waals surface area (Å²) in [6, 6.07) is 18.8. The zero-order valence-corrected chi connectivity index (χ0v) is 20.3. The molecule has 0 aliphatic carbocycles. The van der Waals surface area contributed by atoms with Crippen LogP contribution in [0.3, 0.4) is 0 Å². The van der Waals surface area contributed by atoms with Crippen molar-refractivity contribution in [3.8, 4) is 0 Å². The van der Waals surface area contributed by atoms with Crippen molar-refractivity contribution >= 4 is 22.1 Å². The van der Waals surface area contributed by atoms with Gasteiger partial charge in [-0.3, -0.25) is 4.79 Å². The minimum Gasteiger partial charge on any atom is -0.272 e. The molecular weight excluding hydrogens is 453 g/mol. The summed E-state index contributed by atoms with van der Waals surface area (Å²) in [4.78, 5) is 12.8. The molecule has 1 N–H and O–H groups in total. The molecule has 0 saturated carbocycles. The van der Waals surface area contributed by atoms with E-state index < -0.39 is 15.9 Å². The van der Waals surface area contributed by atoms with Gasteiger partial charge >= 0.3 is 0 Å². The van der Waals surface area contributed by atoms with Gasteiger partial charge in [-0.05, 0) is 61.6 Å². The van der Waals surface area contributed by atoms with Crippen LogP contribution in [0.1, 0.15) is 27.8 Å².